The van der Waals surface area contributed by atoms with Crippen LogP contribution in [-0.2, 0) is 11.2 Å². The van der Waals surface area contributed by atoms with Crippen LogP contribution in [0.4, 0.5) is 0 Å². The van der Waals surface area contributed by atoms with Crippen LogP contribution in [0.25, 0.3) is 22.5 Å². The number of rotatable bonds is 9. The van der Waals surface area contributed by atoms with Gasteiger partial charge in [-0.3, -0.25) is 0 Å². The molecular weight excluding hydrogens is 438 g/mol. The minimum Gasteiger partial charge on any atom is -0.370 e. The molecule has 1 aromatic heterocycles. The van der Waals surface area contributed by atoms with E-state index in [0.29, 0.717) is 6.61 Å². The standard InChI is InChI=1S/C29H31N3OS/c1-32(2)19-10-20-33-24(18-17-21-11-4-3-5-12-21)29-30-27-22-13-6-8-15-25(22)34-26-16-9-7-14-23(26)28(27)31-29/h3-9,11-16,24H,10,17-20H2,1-2H3,(H,30,31). The second-order valence-corrected chi connectivity index (χ2v) is 10.1. The summed E-state index contributed by atoms with van der Waals surface area (Å²) >= 11 is 1.81. The van der Waals surface area contributed by atoms with E-state index in [2.05, 4.69) is 103 Å². The normalized spacial score (nSPS) is 13.1. The molecule has 1 unspecified atom stereocenters. The first-order chi connectivity index (χ1) is 16.7. The van der Waals surface area contributed by atoms with Gasteiger partial charge in [-0.05, 0) is 57.6 Å². The number of nitrogens with one attached hydrogen (secondary N) is 1. The van der Waals surface area contributed by atoms with E-state index in [-0.39, 0.29) is 6.10 Å². The smallest absolute Gasteiger partial charge is 0.136 e. The first-order valence-corrected chi connectivity index (χ1v) is 12.8. The van der Waals surface area contributed by atoms with Gasteiger partial charge < -0.3 is 14.6 Å². The Labute approximate surface area is 206 Å². The fourth-order valence-electron chi connectivity index (χ4n) is 4.41. The molecule has 1 aliphatic rings. The number of imidazole rings is 1. The third-order valence-electron chi connectivity index (χ3n) is 6.15. The highest BCUT2D eigenvalue weighted by molar-refractivity contribution is 7.99. The average molecular weight is 470 g/mol. The topological polar surface area (TPSA) is 41.1 Å². The van der Waals surface area contributed by atoms with Crippen LogP contribution in [0, 0.1) is 0 Å². The summed E-state index contributed by atoms with van der Waals surface area (Å²) in [7, 11) is 4.20. The molecule has 0 aliphatic carbocycles. The summed E-state index contributed by atoms with van der Waals surface area (Å²) in [5.74, 6) is 0.919. The Morgan fingerprint density at radius 3 is 2.32 bits per heavy atom. The van der Waals surface area contributed by atoms with E-state index in [9.17, 15) is 0 Å². The molecule has 0 fully saturated rings. The van der Waals surface area contributed by atoms with Gasteiger partial charge in [0.05, 0.1) is 11.4 Å². The van der Waals surface area contributed by atoms with Crippen molar-refractivity contribution in [3.05, 3.63) is 90.3 Å². The van der Waals surface area contributed by atoms with Crippen LogP contribution in [0.5, 0.6) is 0 Å². The summed E-state index contributed by atoms with van der Waals surface area (Å²) in [4.78, 5) is 13.5. The molecule has 0 spiro atoms. The Bertz CT molecular complexity index is 1170. The predicted octanol–water partition coefficient (Wildman–Crippen LogP) is 6.85. The quantitative estimate of drug-likeness (QED) is 0.240. The molecule has 34 heavy (non-hydrogen) atoms. The van der Waals surface area contributed by atoms with Gasteiger partial charge in [0.2, 0.25) is 0 Å². The van der Waals surface area contributed by atoms with Crippen LogP contribution in [0.1, 0.15) is 30.3 Å². The summed E-state index contributed by atoms with van der Waals surface area (Å²) in [5.41, 5.74) is 5.81. The van der Waals surface area contributed by atoms with Crippen molar-refractivity contribution >= 4 is 11.8 Å². The lowest BCUT2D eigenvalue weighted by molar-refractivity contribution is 0.0373. The minimum atomic E-state index is -0.0822. The van der Waals surface area contributed by atoms with Gasteiger partial charge in [-0.2, -0.15) is 0 Å². The SMILES string of the molecule is CN(C)CCCOC(CCc1ccccc1)c1nc2c([nH]1)-c1ccccc1Sc1ccccc1-2. The summed E-state index contributed by atoms with van der Waals surface area (Å²) < 4.78 is 6.46. The number of ether oxygens (including phenoxy) is 1. The molecule has 0 amide bonds. The molecule has 1 aliphatic heterocycles. The zero-order valence-corrected chi connectivity index (χ0v) is 20.6. The highest BCUT2D eigenvalue weighted by Gasteiger charge is 2.26. The number of benzene rings is 3. The molecule has 5 rings (SSSR count). The number of H-pyrrole nitrogens is 1. The molecule has 1 N–H and O–H groups in total. The van der Waals surface area contributed by atoms with Crippen LogP contribution in [-0.4, -0.2) is 42.1 Å². The summed E-state index contributed by atoms with van der Waals surface area (Å²) in [6.07, 6.45) is 2.75. The molecule has 4 aromatic rings. The maximum Gasteiger partial charge on any atom is 0.136 e. The highest BCUT2D eigenvalue weighted by atomic mass is 32.2. The first kappa shape index (κ1) is 22.9. The van der Waals surface area contributed by atoms with E-state index in [1.54, 1.807) is 0 Å². The van der Waals surface area contributed by atoms with Crippen molar-refractivity contribution in [2.24, 2.45) is 0 Å². The van der Waals surface area contributed by atoms with Gasteiger partial charge in [0.25, 0.3) is 0 Å². The Kier molecular flexibility index (Phi) is 7.14. The number of hydrogen-bond donors (Lipinski definition) is 1. The Morgan fingerprint density at radius 1 is 0.882 bits per heavy atom. The van der Waals surface area contributed by atoms with Crippen molar-refractivity contribution in [2.45, 2.75) is 35.2 Å². The van der Waals surface area contributed by atoms with E-state index in [1.165, 1.54) is 26.5 Å². The van der Waals surface area contributed by atoms with Crippen molar-refractivity contribution in [1.29, 1.82) is 0 Å². The third-order valence-corrected chi connectivity index (χ3v) is 7.30. The molecule has 3 aromatic carbocycles. The largest absolute Gasteiger partial charge is 0.370 e. The van der Waals surface area contributed by atoms with E-state index >= 15 is 0 Å². The first-order valence-electron chi connectivity index (χ1n) is 12.0. The lowest BCUT2D eigenvalue weighted by Gasteiger charge is -2.17. The van der Waals surface area contributed by atoms with Gasteiger partial charge in [-0.25, -0.2) is 4.98 Å². The lowest BCUT2D eigenvalue weighted by atomic mass is 10.1. The number of aryl methyl sites for hydroxylation is 1. The fourth-order valence-corrected chi connectivity index (χ4v) is 5.50. The number of fused-ring (bicyclic) bond motifs is 5. The number of aromatic nitrogens is 2. The molecule has 0 radical (unpaired) electrons. The van der Waals surface area contributed by atoms with Crippen LogP contribution in [0.2, 0.25) is 0 Å². The number of hydrogen-bond acceptors (Lipinski definition) is 4. The van der Waals surface area contributed by atoms with Gasteiger partial charge in [0, 0.05) is 27.5 Å². The molecule has 174 valence electrons. The Balaban J connectivity index is 1.49. The van der Waals surface area contributed by atoms with Crippen molar-refractivity contribution in [3.63, 3.8) is 0 Å². The maximum absolute atomic E-state index is 6.46. The van der Waals surface area contributed by atoms with Crippen molar-refractivity contribution in [3.8, 4) is 22.5 Å². The number of nitrogens with zero attached hydrogens (tertiary/aromatic N) is 2. The zero-order chi connectivity index (χ0) is 23.3. The zero-order valence-electron chi connectivity index (χ0n) is 19.8. The van der Waals surface area contributed by atoms with Crippen LogP contribution < -0.4 is 0 Å². The van der Waals surface area contributed by atoms with Gasteiger partial charge in [-0.15, -0.1) is 0 Å². The number of aromatic amines is 1. The van der Waals surface area contributed by atoms with E-state index in [4.69, 9.17) is 9.72 Å². The van der Waals surface area contributed by atoms with Crippen LogP contribution in [0.3, 0.4) is 0 Å². The van der Waals surface area contributed by atoms with E-state index in [1.807, 2.05) is 11.8 Å². The van der Waals surface area contributed by atoms with Gasteiger partial charge >= 0.3 is 0 Å². The van der Waals surface area contributed by atoms with Gasteiger partial charge in [-0.1, -0.05) is 78.5 Å². The molecule has 0 bridgehead atoms. The third kappa shape index (κ3) is 5.12. The second-order valence-electron chi connectivity index (χ2n) is 8.98. The van der Waals surface area contributed by atoms with Crippen molar-refractivity contribution in [1.82, 2.24) is 14.9 Å². The van der Waals surface area contributed by atoms with Gasteiger partial charge in [0.15, 0.2) is 0 Å². The monoisotopic (exact) mass is 469 g/mol. The predicted molar refractivity (Wildman–Crippen MR) is 140 cm³/mol. The van der Waals surface area contributed by atoms with Crippen molar-refractivity contribution < 1.29 is 4.74 Å². The average Bonchev–Trinajstić information content (AvgIpc) is 3.24. The molecular formula is C29H31N3OS. The van der Waals surface area contributed by atoms with Gasteiger partial charge in [0.1, 0.15) is 11.9 Å². The fraction of sp³-hybridized carbons (Fsp3) is 0.276. The molecule has 5 heteroatoms. The minimum absolute atomic E-state index is 0.0822. The molecule has 0 saturated carbocycles. The summed E-state index contributed by atoms with van der Waals surface area (Å²) in [5, 5.41) is 0. The summed E-state index contributed by atoms with van der Waals surface area (Å²) in [6, 6.07) is 27.8. The van der Waals surface area contributed by atoms with Crippen LogP contribution in [0.15, 0.2) is 88.7 Å². The highest BCUT2D eigenvalue weighted by Crippen LogP contribution is 2.47. The second kappa shape index (κ2) is 10.6. The van der Waals surface area contributed by atoms with Crippen LogP contribution >= 0.6 is 11.8 Å². The lowest BCUT2D eigenvalue weighted by Crippen LogP contribution is -2.16. The summed E-state index contributed by atoms with van der Waals surface area (Å²) in [6.45, 7) is 1.73. The maximum atomic E-state index is 6.46. The van der Waals surface area contributed by atoms with E-state index < -0.39 is 0 Å². The molecule has 2 heterocycles. The molecule has 0 saturated heterocycles. The molecule has 1 atom stereocenters. The Morgan fingerprint density at radius 2 is 1.56 bits per heavy atom. The van der Waals surface area contributed by atoms with Crippen molar-refractivity contribution in [2.75, 3.05) is 27.2 Å². The Hall–Kier alpha value is -2.86. The van der Waals surface area contributed by atoms with E-state index in [0.717, 1.165) is 43.0 Å². The molecule has 4 nitrogen and oxygen atoms in total.